The number of hydrogen-bond acceptors (Lipinski definition) is 4. The van der Waals surface area contributed by atoms with Crippen LogP contribution in [0.15, 0.2) is 24.3 Å². The van der Waals surface area contributed by atoms with E-state index in [1.54, 1.807) is 0 Å². The number of carbonyl (C=O) groups excluding carboxylic acids is 2. The van der Waals surface area contributed by atoms with E-state index in [0.717, 1.165) is 38.1 Å². The molecule has 0 spiro atoms. The van der Waals surface area contributed by atoms with Crippen LogP contribution in [0.2, 0.25) is 0 Å². The monoisotopic (exact) mass is 410 g/mol. The van der Waals surface area contributed by atoms with Crippen LogP contribution in [0.25, 0.3) is 0 Å². The highest BCUT2D eigenvalue weighted by Gasteiger charge is 2.60. The van der Waals surface area contributed by atoms with Crippen molar-refractivity contribution in [1.29, 1.82) is 0 Å². The third-order valence-electron chi connectivity index (χ3n) is 6.63. The van der Waals surface area contributed by atoms with Crippen molar-refractivity contribution in [3.63, 3.8) is 0 Å². The molecule has 29 heavy (non-hydrogen) atoms. The first kappa shape index (κ1) is 20.3. The molecule has 0 aromatic heterocycles. The Hall–Kier alpha value is -1.93. The quantitative estimate of drug-likeness (QED) is 0.720. The van der Waals surface area contributed by atoms with Gasteiger partial charge < -0.3 is 10.4 Å². The van der Waals surface area contributed by atoms with E-state index >= 15 is 0 Å². The van der Waals surface area contributed by atoms with Crippen molar-refractivity contribution in [2.24, 2.45) is 23.7 Å². The lowest BCUT2D eigenvalue weighted by molar-refractivity contribution is -0.137. The summed E-state index contributed by atoms with van der Waals surface area (Å²) >= 11 is 0. The number of amides is 1. The minimum atomic E-state index is -4.44. The van der Waals surface area contributed by atoms with Crippen molar-refractivity contribution in [3.8, 4) is 0 Å². The zero-order chi connectivity index (χ0) is 20.8. The van der Waals surface area contributed by atoms with Gasteiger partial charge in [0.15, 0.2) is 5.78 Å². The number of aliphatic hydroxyl groups is 1. The van der Waals surface area contributed by atoms with E-state index in [0.29, 0.717) is 29.4 Å². The second-order valence-electron chi connectivity index (χ2n) is 8.61. The Bertz CT molecular complexity index is 780. The average molecular weight is 410 g/mol. The Balaban J connectivity index is 1.19. The molecule has 2 aliphatic carbocycles. The topological polar surface area (TPSA) is 69.6 Å². The standard InChI is InChI=1S/C21H25F3N2O3/c22-21(23,24)14-3-1-2-12(4-14)7-16(28)8-25-20(29)19-17-9-26(10-18(17)19)15-5-13(6-15)11-27/h1-4,13,15,17-19,27H,5-11H2,(H,25,29)/t13?,15?,17-,18+,19?. The molecule has 0 radical (unpaired) electrons. The molecule has 1 aromatic carbocycles. The Labute approximate surface area is 167 Å². The highest BCUT2D eigenvalue weighted by molar-refractivity contribution is 5.89. The summed E-state index contributed by atoms with van der Waals surface area (Å²) in [4.78, 5) is 26.9. The molecule has 1 aromatic rings. The summed E-state index contributed by atoms with van der Waals surface area (Å²) < 4.78 is 38.3. The van der Waals surface area contributed by atoms with Gasteiger partial charge in [0.05, 0.1) is 12.1 Å². The molecular weight excluding hydrogens is 385 g/mol. The predicted octanol–water partition coefficient (Wildman–Crippen LogP) is 1.88. The first-order valence-corrected chi connectivity index (χ1v) is 10.1. The SMILES string of the molecule is O=C(CNC(=O)C1[C@H]2CN(C3CC(CO)C3)C[C@@H]12)Cc1cccc(C(F)(F)F)c1. The molecule has 1 unspecified atom stereocenters. The van der Waals surface area contributed by atoms with E-state index in [-0.39, 0.29) is 37.2 Å². The fourth-order valence-corrected chi connectivity index (χ4v) is 4.85. The molecule has 3 fully saturated rings. The summed E-state index contributed by atoms with van der Waals surface area (Å²) in [5.41, 5.74) is -0.487. The van der Waals surface area contributed by atoms with Gasteiger partial charge in [-0.25, -0.2) is 0 Å². The highest BCUT2D eigenvalue weighted by atomic mass is 19.4. The van der Waals surface area contributed by atoms with Crippen LogP contribution >= 0.6 is 0 Å². The maximum Gasteiger partial charge on any atom is 0.416 e. The predicted molar refractivity (Wildman–Crippen MR) is 98.8 cm³/mol. The number of fused-ring (bicyclic) bond motifs is 1. The van der Waals surface area contributed by atoms with Crippen LogP contribution in [0.4, 0.5) is 13.2 Å². The van der Waals surface area contributed by atoms with Gasteiger partial charge in [0.1, 0.15) is 0 Å². The smallest absolute Gasteiger partial charge is 0.396 e. The van der Waals surface area contributed by atoms with Gasteiger partial charge >= 0.3 is 6.18 Å². The molecule has 158 valence electrons. The number of aliphatic hydroxyl groups excluding tert-OH is 1. The number of benzene rings is 1. The lowest BCUT2D eigenvalue weighted by Gasteiger charge is -2.41. The van der Waals surface area contributed by atoms with Gasteiger partial charge in [-0.3, -0.25) is 14.5 Å². The maximum atomic E-state index is 12.8. The minimum absolute atomic E-state index is 0.0543. The number of nitrogens with zero attached hydrogens (tertiary/aromatic N) is 1. The molecule has 1 aliphatic heterocycles. The number of alkyl halides is 3. The van der Waals surface area contributed by atoms with E-state index < -0.39 is 11.7 Å². The van der Waals surface area contributed by atoms with E-state index in [2.05, 4.69) is 10.2 Å². The van der Waals surface area contributed by atoms with Gasteiger partial charge in [-0.2, -0.15) is 13.2 Å². The minimum Gasteiger partial charge on any atom is -0.396 e. The number of ketones is 1. The van der Waals surface area contributed by atoms with Crippen LogP contribution in [0.1, 0.15) is 24.0 Å². The van der Waals surface area contributed by atoms with Crippen molar-refractivity contribution < 1.29 is 27.9 Å². The van der Waals surface area contributed by atoms with Gasteiger partial charge in [-0.15, -0.1) is 0 Å². The lowest BCUT2D eigenvalue weighted by Crippen LogP contribution is -2.46. The normalized spacial score (nSPS) is 31.1. The number of halogens is 3. The molecule has 2 saturated carbocycles. The number of Topliss-reactive ketones (excluding diaryl/α,β-unsaturated/α-hetero) is 1. The molecule has 1 amide bonds. The van der Waals surface area contributed by atoms with Crippen LogP contribution in [0.3, 0.4) is 0 Å². The number of carbonyl (C=O) groups is 2. The number of rotatable bonds is 7. The number of piperidine rings is 1. The molecule has 5 nitrogen and oxygen atoms in total. The summed E-state index contributed by atoms with van der Waals surface area (Å²) in [6.45, 7) is 1.87. The van der Waals surface area contributed by atoms with Crippen LogP contribution in [0, 0.1) is 23.7 Å². The Morgan fingerprint density at radius 2 is 1.86 bits per heavy atom. The summed E-state index contributed by atoms with van der Waals surface area (Å²) in [5, 5.41) is 11.8. The van der Waals surface area contributed by atoms with Gasteiger partial charge in [0.2, 0.25) is 5.91 Å². The number of nitrogens with one attached hydrogen (secondary N) is 1. The summed E-state index contributed by atoms with van der Waals surface area (Å²) in [6, 6.07) is 5.24. The Kier molecular flexibility index (Phi) is 5.42. The van der Waals surface area contributed by atoms with Crippen molar-refractivity contribution in [3.05, 3.63) is 35.4 Å². The third kappa shape index (κ3) is 4.33. The van der Waals surface area contributed by atoms with Gasteiger partial charge in [-0.1, -0.05) is 18.2 Å². The van der Waals surface area contributed by atoms with Crippen molar-refractivity contribution in [2.45, 2.75) is 31.5 Å². The lowest BCUT2D eigenvalue weighted by atomic mass is 9.80. The van der Waals surface area contributed by atoms with Crippen LogP contribution in [-0.4, -0.2) is 54.0 Å². The second-order valence-corrected chi connectivity index (χ2v) is 8.61. The van der Waals surface area contributed by atoms with Crippen molar-refractivity contribution in [1.82, 2.24) is 10.2 Å². The van der Waals surface area contributed by atoms with Gasteiger partial charge in [0.25, 0.3) is 0 Å². The van der Waals surface area contributed by atoms with Crippen LogP contribution in [-0.2, 0) is 22.2 Å². The molecule has 0 bridgehead atoms. The first-order valence-electron chi connectivity index (χ1n) is 10.1. The third-order valence-corrected chi connectivity index (χ3v) is 6.63. The number of hydrogen-bond donors (Lipinski definition) is 2. The van der Waals surface area contributed by atoms with Crippen molar-refractivity contribution in [2.75, 3.05) is 26.2 Å². The maximum absolute atomic E-state index is 12.8. The zero-order valence-electron chi connectivity index (χ0n) is 16.0. The zero-order valence-corrected chi connectivity index (χ0v) is 16.0. The fourth-order valence-electron chi connectivity index (χ4n) is 4.85. The fraction of sp³-hybridized carbons (Fsp3) is 0.619. The Morgan fingerprint density at radius 1 is 1.17 bits per heavy atom. The van der Waals surface area contributed by atoms with Crippen LogP contribution < -0.4 is 5.32 Å². The van der Waals surface area contributed by atoms with E-state index in [1.807, 2.05) is 0 Å². The Morgan fingerprint density at radius 3 is 2.48 bits per heavy atom. The van der Waals surface area contributed by atoms with Gasteiger partial charge in [-0.05, 0) is 42.2 Å². The largest absolute Gasteiger partial charge is 0.416 e. The summed E-state index contributed by atoms with van der Waals surface area (Å²) in [6.07, 6.45) is -2.53. The summed E-state index contributed by atoms with van der Waals surface area (Å²) in [7, 11) is 0. The van der Waals surface area contributed by atoms with E-state index in [1.165, 1.54) is 12.1 Å². The molecular formula is C21H25F3N2O3. The van der Waals surface area contributed by atoms with Gasteiger partial charge in [0, 0.05) is 38.1 Å². The molecule has 1 saturated heterocycles. The first-order chi connectivity index (χ1) is 13.8. The molecule has 8 heteroatoms. The molecule has 4 rings (SSSR count). The molecule has 1 heterocycles. The molecule has 3 aliphatic rings. The second kappa shape index (κ2) is 7.72. The molecule has 3 atom stereocenters. The summed E-state index contributed by atoms with van der Waals surface area (Å²) in [5.74, 6) is 0.595. The number of likely N-dealkylation sites (tertiary alicyclic amines) is 1. The highest BCUT2D eigenvalue weighted by Crippen LogP contribution is 2.53. The van der Waals surface area contributed by atoms with E-state index in [4.69, 9.17) is 5.11 Å². The van der Waals surface area contributed by atoms with Crippen molar-refractivity contribution >= 4 is 11.7 Å². The van der Waals surface area contributed by atoms with E-state index in [9.17, 15) is 22.8 Å². The van der Waals surface area contributed by atoms with Crippen LogP contribution in [0.5, 0.6) is 0 Å². The average Bonchev–Trinajstić information content (AvgIpc) is 3.13. The molecule has 2 N–H and O–H groups in total.